The number of carbonyl (C=O) groups excluding carboxylic acids is 1. The number of hydrogen-bond donors (Lipinski definition) is 0. The molecule has 0 saturated carbocycles. The van der Waals surface area contributed by atoms with Gasteiger partial charge in [0.15, 0.2) is 0 Å². The maximum Gasteiger partial charge on any atom is 0.273 e. The summed E-state index contributed by atoms with van der Waals surface area (Å²) in [7, 11) is 0. The van der Waals surface area contributed by atoms with E-state index in [1.807, 2.05) is 49.1 Å². The summed E-state index contributed by atoms with van der Waals surface area (Å²) < 4.78 is 5.36. The van der Waals surface area contributed by atoms with Crippen LogP contribution in [0, 0.1) is 0 Å². The number of benzene rings is 1. The lowest BCUT2D eigenvalue weighted by atomic mass is 10.1. The molecular formula is C19H24N4O2. The number of anilines is 1. The Balaban J connectivity index is 1.79. The smallest absolute Gasteiger partial charge is 0.273 e. The average molecular weight is 340 g/mol. The zero-order chi connectivity index (χ0) is 17.6. The monoisotopic (exact) mass is 340 g/mol. The van der Waals surface area contributed by atoms with E-state index in [1.165, 1.54) is 0 Å². The lowest BCUT2D eigenvalue weighted by Gasteiger charge is -2.28. The number of aromatic nitrogens is 2. The standard InChI is InChI=1S/C19H24N4O2/c1-15(2)23(14-16-6-4-3-5-7-16)18(24)17-8-9-20-19(21-17)22-10-12-25-13-11-22/h3-9,15H,10-14H2,1-2H3. The number of carbonyl (C=O) groups is 1. The molecule has 132 valence electrons. The summed E-state index contributed by atoms with van der Waals surface area (Å²) in [5.41, 5.74) is 1.54. The minimum absolute atomic E-state index is 0.0734. The first-order valence-electron chi connectivity index (χ1n) is 8.66. The fourth-order valence-electron chi connectivity index (χ4n) is 2.80. The van der Waals surface area contributed by atoms with Crippen molar-refractivity contribution >= 4 is 11.9 Å². The summed E-state index contributed by atoms with van der Waals surface area (Å²) in [6, 6.07) is 11.8. The molecule has 6 nitrogen and oxygen atoms in total. The lowest BCUT2D eigenvalue weighted by molar-refractivity contribution is 0.0684. The lowest BCUT2D eigenvalue weighted by Crippen LogP contribution is -2.39. The van der Waals surface area contributed by atoms with Gasteiger partial charge in [0.25, 0.3) is 5.91 Å². The topological polar surface area (TPSA) is 58.6 Å². The zero-order valence-corrected chi connectivity index (χ0v) is 14.8. The molecule has 0 N–H and O–H groups in total. The molecule has 0 spiro atoms. The molecule has 1 fully saturated rings. The van der Waals surface area contributed by atoms with E-state index in [4.69, 9.17) is 4.74 Å². The molecule has 0 aliphatic carbocycles. The van der Waals surface area contributed by atoms with Crippen LogP contribution in [0.25, 0.3) is 0 Å². The third-order valence-electron chi connectivity index (χ3n) is 4.24. The third kappa shape index (κ3) is 4.33. The molecule has 1 amide bonds. The van der Waals surface area contributed by atoms with E-state index in [-0.39, 0.29) is 11.9 Å². The van der Waals surface area contributed by atoms with Gasteiger partial charge in [-0.15, -0.1) is 0 Å². The van der Waals surface area contributed by atoms with Gasteiger partial charge >= 0.3 is 0 Å². The van der Waals surface area contributed by atoms with Crippen molar-refractivity contribution in [2.24, 2.45) is 0 Å². The van der Waals surface area contributed by atoms with E-state index >= 15 is 0 Å². The second-order valence-electron chi connectivity index (χ2n) is 6.35. The predicted octanol–water partition coefficient (Wildman–Crippen LogP) is 2.36. The van der Waals surface area contributed by atoms with Crippen LogP contribution < -0.4 is 4.90 Å². The first-order chi connectivity index (χ1) is 12.1. The Hall–Kier alpha value is -2.47. The Morgan fingerprint density at radius 1 is 1.20 bits per heavy atom. The van der Waals surface area contributed by atoms with Crippen molar-refractivity contribution in [1.29, 1.82) is 0 Å². The number of nitrogens with zero attached hydrogens (tertiary/aromatic N) is 4. The molecule has 0 radical (unpaired) electrons. The Morgan fingerprint density at radius 3 is 2.60 bits per heavy atom. The van der Waals surface area contributed by atoms with Crippen LogP contribution in [0.5, 0.6) is 0 Å². The highest BCUT2D eigenvalue weighted by atomic mass is 16.5. The maximum atomic E-state index is 13.0. The van der Waals surface area contributed by atoms with Crippen LogP contribution >= 0.6 is 0 Å². The molecule has 6 heteroatoms. The van der Waals surface area contributed by atoms with Crippen molar-refractivity contribution in [1.82, 2.24) is 14.9 Å². The molecule has 1 aromatic heterocycles. The van der Waals surface area contributed by atoms with Crippen molar-refractivity contribution < 1.29 is 9.53 Å². The fraction of sp³-hybridized carbons (Fsp3) is 0.421. The van der Waals surface area contributed by atoms with Gasteiger partial charge in [-0.2, -0.15) is 0 Å². The molecule has 3 rings (SSSR count). The predicted molar refractivity (Wildman–Crippen MR) is 96.5 cm³/mol. The van der Waals surface area contributed by atoms with E-state index in [1.54, 1.807) is 12.3 Å². The summed E-state index contributed by atoms with van der Waals surface area (Å²) in [6.07, 6.45) is 1.66. The van der Waals surface area contributed by atoms with E-state index < -0.39 is 0 Å². The van der Waals surface area contributed by atoms with Crippen LogP contribution in [0.15, 0.2) is 42.6 Å². The van der Waals surface area contributed by atoms with Crippen LogP contribution in [0.1, 0.15) is 29.9 Å². The highest BCUT2D eigenvalue weighted by Gasteiger charge is 2.22. The van der Waals surface area contributed by atoms with Gasteiger partial charge in [0.1, 0.15) is 5.69 Å². The average Bonchev–Trinajstić information content (AvgIpc) is 2.67. The van der Waals surface area contributed by atoms with Crippen LogP contribution in [0.2, 0.25) is 0 Å². The highest BCUT2D eigenvalue weighted by molar-refractivity contribution is 5.92. The third-order valence-corrected chi connectivity index (χ3v) is 4.24. The molecule has 1 aromatic carbocycles. The summed E-state index contributed by atoms with van der Waals surface area (Å²) >= 11 is 0. The molecule has 1 aliphatic heterocycles. The molecular weight excluding hydrogens is 316 g/mol. The molecule has 2 aromatic rings. The molecule has 1 aliphatic rings. The van der Waals surface area contributed by atoms with Crippen LogP contribution in [0.4, 0.5) is 5.95 Å². The van der Waals surface area contributed by atoms with Crippen LogP contribution in [-0.2, 0) is 11.3 Å². The number of morpholine rings is 1. The largest absolute Gasteiger partial charge is 0.378 e. The zero-order valence-electron chi connectivity index (χ0n) is 14.8. The number of amides is 1. The van der Waals surface area contributed by atoms with E-state index in [0.717, 1.165) is 18.7 Å². The van der Waals surface area contributed by atoms with Crippen molar-refractivity contribution in [2.45, 2.75) is 26.4 Å². The van der Waals surface area contributed by atoms with Gasteiger partial charge in [0.05, 0.1) is 13.2 Å². The second kappa shape index (κ2) is 8.07. The Morgan fingerprint density at radius 2 is 1.92 bits per heavy atom. The van der Waals surface area contributed by atoms with Gasteiger partial charge in [-0.3, -0.25) is 4.79 Å². The maximum absolute atomic E-state index is 13.0. The van der Waals surface area contributed by atoms with Crippen molar-refractivity contribution in [3.05, 3.63) is 53.9 Å². The Bertz CT molecular complexity index is 700. The fourth-order valence-corrected chi connectivity index (χ4v) is 2.80. The van der Waals surface area contributed by atoms with Crippen LogP contribution in [-0.4, -0.2) is 53.1 Å². The number of ether oxygens (including phenoxy) is 1. The molecule has 2 heterocycles. The minimum atomic E-state index is -0.0734. The van der Waals surface area contributed by atoms with E-state index in [2.05, 4.69) is 14.9 Å². The van der Waals surface area contributed by atoms with Gasteiger partial charge in [0, 0.05) is 31.9 Å². The summed E-state index contributed by atoms with van der Waals surface area (Å²) in [5.74, 6) is 0.522. The quantitative estimate of drug-likeness (QED) is 0.836. The van der Waals surface area contributed by atoms with Gasteiger partial charge in [0.2, 0.25) is 5.95 Å². The first-order valence-corrected chi connectivity index (χ1v) is 8.66. The Kier molecular flexibility index (Phi) is 5.60. The first kappa shape index (κ1) is 17.4. The number of hydrogen-bond acceptors (Lipinski definition) is 5. The Labute approximate surface area is 148 Å². The normalized spacial score (nSPS) is 14.6. The SMILES string of the molecule is CC(C)N(Cc1ccccc1)C(=O)c1ccnc(N2CCOCC2)n1. The van der Waals surface area contributed by atoms with Gasteiger partial charge in [-0.05, 0) is 25.5 Å². The second-order valence-corrected chi connectivity index (χ2v) is 6.35. The molecule has 0 unspecified atom stereocenters. The highest BCUT2D eigenvalue weighted by Crippen LogP contribution is 2.15. The van der Waals surface area contributed by atoms with Crippen molar-refractivity contribution in [2.75, 3.05) is 31.2 Å². The van der Waals surface area contributed by atoms with Crippen LogP contribution in [0.3, 0.4) is 0 Å². The van der Waals surface area contributed by atoms with Crippen molar-refractivity contribution in [3.8, 4) is 0 Å². The number of rotatable bonds is 5. The van der Waals surface area contributed by atoms with Gasteiger partial charge in [-0.25, -0.2) is 9.97 Å². The van der Waals surface area contributed by atoms with Crippen molar-refractivity contribution in [3.63, 3.8) is 0 Å². The van der Waals surface area contributed by atoms with Gasteiger partial charge in [-0.1, -0.05) is 30.3 Å². The van der Waals surface area contributed by atoms with E-state index in [0.29, 0.717) is 31.4 Å². The molecule has 1 saturated heterocycles. The van der Waals surface area contributed by atoms with E-state index in [9.17, 15) is 4.79 Å². The minimum Gasteiger partial charge on any atom is -0.378 e. The summed E-state index contributed by atoms with van der Waals surface area (Å²) in [4.78, 5) is 25.7. The van der Waals surface area contributed by atoms with Gasteiger partial charge < -0.3 is 14.5 Å². The molecule has 0 bridgehead atoms. The summed E-state index contributed by atoms with van der Waals surface area (Å²) in [6.45, 7) is 7.41. The molecule has 25 heavy (non-hydrogen) atoms. The summed E-state index contributed by atoms with van der Waals surface area (Å²) in [5, 5.41) is 0. The molecule has 0 atom stereocenters.